The summed E-state index contributed by atoms with van der Waals surface area (Å²) in [7, 11) is 0. The molecule has 3 nitrogen and oxygen atoms in total. The van der Waals surface area contributed by atoms with Gasteiger partial charge in [0, 0.05) is 27.8 Å². The van der Waals surface area contributed by atoms with Crippen LogP contribution in [0.2, 0.25) is 0 Å². The summed E-state index contributed by atoms with van der Waals surface area (Å²) in [6, 6.07) is 4.22. The first-order valence-corrected chi connectivity index (χ1v) is 7.61. The minimum absolute atomic E-state index is 0.829. The zero-order valence-electron chi connectivity index (χ0n) is 10.2. The highest BCUT2D eigenvalue weighted by atomic mass is 79.9. The second-order valence-corrected chi connectivity index (χ2v) is 5.89. The molecule has 2 aromatic heterocycles. The van der Waals surface area contributed by atoms with E-state index in [0.29, 0.717) is 0 Å². The second-order valence-electron chi connectivity index (χ2n) is 3.97. The van der Waals surface area contributed by atoms with Crippen molar-refractivity contribution in [2.45, 2.75) is 19.9 Å². The molecule has 0 spiro atoms. The Morgan fingerprint density at radius 2 is 2.00 bits per heavy atom. The van der Waals surface area contributed by atoms with Crippen molar-refractivity contribution in [3.05, 3.63) is 39.3 Å². The molecule has 2 N–H and O–H groups in total. The lowest BCUT2D eigenvalue weighted by Gasteiger charge is -2.08. The van der Waals surface area contributed by atoms with E-state index < -0.39 is 0 Å². The Hall–Kier alpha value is -1.07. The first-order chi connectivity index (χ1) is 8.78. The monoisotopic (exact) mass is 325 g/mol. The van der Waals surface area contributed by atoms with E-state index in [-0.39, 0.29) is 0 Å². The van der Waals surface area contributed by atoms with Crippen LogP contribution < -0.4 is 10.6 Å². The molecular weight excluding hydrogens is 310 g/mol. The number of thiophene rings is 1. The van der Waals surface area contributed by atoms with Gasteiger partial charge in [-0.3, -0.25) is 4.98 Å². The van der Waals surface area contributed by atoms with E-state index >= 15 is 0 Å². The van der Waals surface area contributed by atoms with Crippen molar-refractivity contribution in [1.82, 2.24) is 4.98 Å². The summed E-state index contributed by atoms with van der Waals surface area (Å²) in [6.45, 7) is 3.95. The molecule has 0 aliphatic heterocycles. The SMILES string of the molecule is CCCNc1cncc(NCc2cc(Br)cs2)c1. The predicted molar refractivity (Wildman–Crippen MR) is 82.4 cm³/mol. The van der Waals surface area contributed by atoms with Crippen LogP contribution >= 0.6 is 27.3 Å². The van der Waals surface area contributed by atoms with Crippen molar-refractivity contribution in [3.8, 4) is 0 Å². The zero-order chi connectivity index (χ0) is 12.8. The molecule has 0 amide bonds. The molecular formula is C13H16BrN3S. The van der Waals surface area contributed by atoms with Crippen LogP contribution in [0.25, 0.3) is 0 Å². The molecule has 0 fully saturated rings. The molecule has 0 aliphatic rings. The summed E-state index contributed by atoms with van der Waals surface area (Å²) in [5.74, 6) is 0. The predicted octanol–water partition coefficient (Wildman–Crippen LogP) is 4.34. The summed E-state index contributed by atoms with van der Waals surface area (Å²) in [5, 5.41) is 8.80. The van der Waals surface area contributed by atoms with Gasteiger partial charge in [-0.25, -0.2) is 0 Å². The lowest BCUT2D eigenvalue weighted by molar-refractivity contribution is 0.977. The Bertz CT molecular complexity index is 498. The van der Waals surface area contributed by atoms with E-state index in [1.165, 1.54) is 4.88 Å². The minimum atomic E-state index is 0.829. The van der Waals surface area contributed by atoms with Crippen molar-refractivity contribution in [1.29, 1.82) is 0 Å². The first-order valence-electron chi connectivity index (χ1n) is 5.93. The molecule has 5 heteroatoms. The van der Waals surface area contributed by atoms with Crippen LogP contribution in [0.3, 0.4) is 0 Å². The highest BCUT2D eigenvalue weighted by Crippen LogP contribution is 2.21. The molecule has 0 aromatic carbocycles. The average molecular weight is 326 g/mol. The number of anilines is 2. The topological polar surface area (TPSA) is 37.0 Å². The fourth-order valence-corrected chi connectivity index (χ4v) is 2.93. The van der Waals surface area contributed by atoms with Gasteiger partial charge in [-0.05, 0) is 34.5 Å². The lowest BCUT2D eigenvalue weighted by Crippen LogP contribution is -2.02. The Balaban J connectivity index is 1.92. The number of rotatable bonds is 6. The van der Waals surface area contributed by atoms with Gasteiger partial charge in [0.2, 0.25) is 0 Å². The van der Waals surface area contributed by atoms with Gasteiger partial charge in [-0.2, -0.15) is 0 Å². The Labute approximate surface area is 120 Å². The number of hydrogen-bond donors (Lipinski definition) is 2. The highest BCUT2D eigenvalue weighted by molar-refractivity contribution is 9.10. The number of halogens is 1. The lowest BCUT2D eigenvalue weighted by atomic mass is 10.3. The number of hydrogen-bond acceptors (Lipinski definition) is 4. The standard InChI is InChI=1S/C13H16BrN3S/c1-2-3-16-11-5-12(7-15-6-11)17-8-13-4-10(14)9-18-13/h4-7,9,16-17H,2-3,8H2,1H3. The van der Waals surface area contributed by atoms with E-state index in [1.54, 1.807) is 11.3 Å². The van der Waals surface area contributed by atoms with Crippen LogP contribution in [0.1, 0.15) is 18.2 Å². The van der Waals surface area contributed by atoms with E-state index in [2.05, 4.69) is 56.0 Å². The Morgan fingerprint density at radius 1 is 1.22 bits per heavy atom. The maximum atomic E-state index is 4.22. The summed E-state index contributed by atoms with van der Waals surface area (Å²) >= 11 is 5.20. The van der Waals surface area contributed by atoms with Crippen molar-refractivity contribution >= 4 is 38.6 Å². The van der Waals surface area contributed by atoms with Crippen LogP contribution in [-0.2, 0) is 6.54 Å². The molecule has 2 heterocycles. The summed E-state index contributed by atoms with van der Waals surface area (Å²) in [6.07, 6.45) is 4.81. The second kappa shape index (κ2) is 6.75. The van der Waals surface area contributed by atoms with Crippen molar-refractivity contribution in [2.24, 2.45) is 0 Å². The molecule has 0 radical (unpaired) electrons. The normalized spacial score (nSPS) is 10.3. The van der Waals surface area contributed by atoms with Crippen LogP contribution in [0, 0.1) is 0 Å². The molecule has 0 unspecified atom stereocenters. The summed E-state index contributed by atoms with van der Waals surface area (Å²) in [5.41, 5.74) is 2.11. The molecule has 0 saturated carbocycles. The summed E-state index contributed by atoms with van der Waals surface area (Å²) in [4.78, 5) is 5.52. The fraction of sp³-hybridized carbons (Fsp3) is 0.308. The van der Waals surface area contributed by atoms with Gasteiger partial charge in [0.1, 0.15) is 0 Å². The maximum absolute atomic E-state index is 4.22. The highest BCUT2D eigenvalue weighted by Gasteiger charge is 1.99. The first kappa shape index (κ1) is 13.4. The smallest absolute Gasteiger partial charge is 0.0550 e. The molecule has 96 valence electrons. The van der Waals surface area contributed by atoms with Gasteiger partial charge < -0.3 is 10.6 Å². The van der Waals surface area contributed by atoms with Crippen LogP contribution in [0.4, 0.5) is 11.4 Å². The van der Waals surface area contributed by atoms with E-state index in [4.69, 9.17) is 0 Å². The molecule has 0 aliphatic carbocycles. The fourth-order valence-electron chi connectivity index (χ4n) is 1.54. The third kappa shape index (κ3) is 3.99. The van der Waals surface area contributed by atoms with Crippen LogP contribution in [-0.4, -0.2) is 11.5 Å². The van der Waals surface area contributed by atoms with Gasteiger partial charge >= 0.3 is 0 Å². The molecule has 2 rings (SSSR count). The molecule has 2 aromatic rings. The molecule has 0 atom stereocenters. The summed E-state index contributed by atoms with van der Waals surface area (Å²) < 4.78 is 1.14. The van der Waals surface area contributed by atoms with Crippen LogP contribution in [0.5, 0.6) is 0 Å². The Morgan fingerprint density at radius 3 is 2.67 bits per heavy atom. The van der Waals surface area contributed by atoms with Gasteiger partial charge in [0.05, 0.1) is 23.8 Å². The molecule has 0 bridgehead atoms. The molecule has 0 saturated heterocycles. The third-order valence-electron chi connectivity index (χ3n) is 2.41. The number of aromatic nitrogens is 1. The van der Waals surface area contributed by atoms with Gasteiger partial charge in [-0.15, -0.1) is 11.3 Å². The van der Waals surface area contributed by atoms with Gasteiger partial charge in [0.15, 0.2) is 0 Å². The minimum Gasteiger partial charge on any atom is -0.384 e. The average Bonchev–Trinajstić information content (AvgIpc) is 2.80. The van der Waals surface area contributed by atoms with Crippen LogP contribution in [0.15, 0.2) is 34.4 Å². The largest absolute Gasteiger partial charge is 0.384 e. The number of pyridine rings is 1. The number of nitrogens with zero attached hydrogens (tertiary/aromatic N) is 1. The van der Waals surface area contributed by atoms with Gasteiger partial charge in [-0.1, -0.05) is 6.92 Å². The van der Waals surface area contributed by atoms with E-state index in [1.807, 2.05) is 12.4 Å². The van der Waals surface area contributed by atoms with Crippen molar-refractivity contribution in [3.63, 3.8) is 0 Å². The number of nitrogens with one attached hydrogen (secondary N) is 2. The van der Waals surface area contributed by atoms with E-state index in [9.17, 15) is 0 Å². The zero-order valence-corrected chi connectivity index (χ0v) is 12.6. The van der Waals surface area contributed by atoms with Crippen molar-refractivity contribution in [2.75, 3.05) is 17.2 Å². The Kier molecular flexibility index (Phi) is 5.01. The molecule has 18 heavy (non-hydrogen) atoms. The quantitative estimate of drug-likeness (QED) is 0.829. The maximum Gasteiger partial charge on any atom is 0.0550 e. The third-order valence-corrected chi connectivity index (χ3v) is 4.10. The van der Waals surface area contributed by atoms with Gasteiger partial charge in [0.25, 0.3) is 0 Å². The van der Waals surface area contributed by atoms with E-state index in [0.717, 1.165) is 35.4 Å². The van der Waals surface area contributed by atoms with Crippen molar-refractivity contribution < 1.29 is 0 Å².